The number of rotatable bonds is 5. The Kier molecular flexibility index (Phi) is 5.48. The summed E-state index contributed by atoms with van der Waals surface area (Å²) < 4.78 is 6.86. The molecule has 1 amide bonds. The Hall–Kier alpha value is -2.63. The zero-order chi connectivity index (χ0) is 17.6. The lowest BCUT2D eigenvalue weighted by molar-refractivity contribution is -0.152. The van der Waals surface area contributed by atoms with Crippen molar-refractivity contribution in [2.45, 2.75) is 26.2 Å². The van der Waals surface area contributed by atoms with Gasteiger partial charge in [0.2, 0.25) is 0 Å². The van der Waals surface area contributed by atoms with Crippen LogP contribution in [0.15, 0.2) is 42.7 Å². The van der Waals surface area contributed by atoms with Gasteiger partial charge in [-0.3, -0.25) is 9.59 Å². The van der Waals surface area contributed by atoms with Crippen molar-refractivity contribution < 1.29 is 14.3 Å². The molecule has 0 spiro atoms. The van der Waals surface area contributed by atoms with Gasteiger partial charge in [0.05, 0.1) is 18.3 Å². The first-order valence-electron chi connectivity index (χ1n) is 8.64. The fraction of sp³-hybridized carbons (Fsp3) is 0.421. The maximum atomic E-state index is 12.1. The fourth-order valence-corrected chi connectivity index (χ4v) is 3.04. The Morgan fingerprint density at radius 2 is 2.08 bits per heavy atom. The minimum absolute atomic E-state index is 0.108. The molecule has 1 aliphatic rings. The summed E-state index contributed by atoms with van der Waals surface area (Å²) in [5.41, 5.74) is 1.68. The normalized spacial score (nSPS) is 17.3. The molecule has 1 aliphatic heterocycles. The van der Waals surface area contributed by atoms with Gasteiger partial charge >= 0.3 is 5.97 Å². The van der Waals surface area contributed by atoms with E-state index in [2.05, 4.69) is 12.0 Å². The Balaban J connectivity index is 1.48. The molecule has 132 valence electrons. The summed E-state index contributed by atoms with van der Waals surface area (Å²) in [6, 6.07) is 9.67. The number of aromatic nitrogens is 2. The minimum Gasteiger partial charge on any atom is -0.455 e. The van der Waals surface area contributed by atoms with Crippen LogP contribution < -0.4 is 0 Å². The number of carbonyl (C=O) groups is 2. The van der Waals surface area contributed by atoms with E-state index >= 15 is 0 Å². The van der Waals surface area contributed by atoms with Crippen molar-refractivity contribution in [3.05, 3.63) is 48.3 Å². The number of benzene rings is 1. The third-order valence-electron chi connectivity index (χ3n) is 4.37. The Morgan fingerprint density at radius 1 is 1.28 bits per heavy atom. The van der Waals surface area contributed by atoms with Crippen LogP contribution >= 0.6 is 0 Å². The van der Waals surface area contributed by atoms with Crippen molar-refractivity contribution in [1.29, 1.82) is 0 Å². The molecule has 0 radical (unpaired) electrons. The van der Waals surface area contributed by atoms with Gasteiger partial charge in [-0.1, -0.05) is 25.1 Å². The zero-order valence-electron chi connectivity index (χ0n) is 14.4. The highest BCUT2D eigenvalue weighted by atomic mass is 16.5. The van der Waals surface area contributed by atoms with E-state index in [-0.39, 0.29) is 18.9 Å². The van der Waals surface area contributed by atoms with Gasteiger partial charge in [0.15, 0.2) is 6.61 Å². The molecule has 2 aromatic rings. The van der Waals surface area contributed by atoms with Crippen LogP contribution in [0.1, 0.15) is 25.3 Å². The number of hydrogen-bond acceptors (Lipinski definition) is 4. The lowest BCUT2D eigenvalue weighted by Crippen LogP contribution is -2.41. The van der Waals surface area contributed by atoms with E-state index in [4.69, 9.17) is 4.74 Å². The Bertz CT molecular complexity index is 727. The molecule has 6 heteroatoms. The fourth-order valence-electron chi connectivity index (χ4n) is 3.04. The predicted octanol–water partition coefficient (Wildman–Crippen LogP) is 2.22. The molecule has 0 saturated carbocycles. The summed E-state index contributed by atoms with van der Waals surface area (Å²) >= 11 is 0. The molecule has 0 bridgehead atoms. The molecular formula is C19H23N3O3. The molecule has 1 aromatic carbocycles. The average molecular weight is 341 g/mol. The molecule has 25 heavy (non-hydrogen) atoms. The van der Waals surface area contributed by atoms with Gasteiger partial charge in [-0.2, -0.15) is 5.10 Å². The first-order chi connectivity index (χ1) is 12.1. The second-order valence-corrected chi connectivity index (χ2v) is 6.55. The molecule has 1 fully saturated rings. The van der Waals surface area contributed by atoms with E-state index in [1.807, 2.05) is 30.3 Å². The molecule has 0 aliphatic carbocycles. The quantitative estimate of drug-likeness (QED) is 0.782. The van der Waals surface area contributed by atoms with Crippen molar-refractivity contribution in [1.82, 2.24) is 14.7 Å². The third-order valence-corrected chi connectivity index (χ3v) is 4.37. The zero-order valence-corrected chi connectivity index (χ0v) is 14.4. The van der Waals surface area contributed by atoms with Gasteiger partial charge in [-0.25, -0.2) is 4.68 Å². The Morgan fingerprint density at radius 3 is 2.84 bits per heavy atom. The van der Waals surface area contributed by atoms with E-state index < -0.39 is 5.97 Å². The van der Waals surface area contributed by atoms with Crippen molar-refractivity contribution in [2.24, 2.45) is 5.92 Å². The third kappa shape index (κ3) is 4.68. The van der Waals surface area contributed by atoms with Crippen LogP contribution in [0.5, 0.6) is 0 Å². The molecule has 0 N–H and O–H groups in total. The van der Waals surface area contributed by atoms with Crippen LogP contribution in [0.4, 0.5) is 0 Å². The second-order valence-electron chi connectivity index (χ2n) is 6.55. The number of carbonyl (C=O) groups excluding carboxylic acids is 2. The number of esters is 1. The summed E-state index contributed by atoms with van der Waals surface area (Å²) in [6.07, 6.45) is 5.71. The highest BCUT2D eigenvalue weighted by Crippen LogP contribution is 2.15. The van der Waals surface area contributed by atoms with E-state index in [1.165, 1.54) is 0 Å². The van der Waals surface area contributed by atoms with Gasteiger partial charge in [-0.15, -0.1) is 0 Å². The lowest BCUT2D eigenvalue weighted by atomic mass is 10.0. The minimum atomic E-state index is -0.411. The van der Waals surface area contributed by atoms with Crippen LogP contribution in [0.25, 0.3) is 5.69 Å². The van der Waals surface area contributed by atoms with Gasteiger partial charge in [0, 0.05) is 24.8 Å². The number of piperidine rings is 1. The predicted molar refractivity (Wildman–Crippen MR) is 93.2 cm³/mol. The van der Waals surface area contributed by atoms with E-state index in [1.54, 1.807) is 22.0 Å². The van der Waals surface area contributed by atoms with Crippen LogP contribution in [-0.2, 0) is 20.7 Å². The smallest absolute Gasteiger partial charge is 0.310 e. The summed E-state index contributed by atoms with van der Waals surface area (Å²) in [6.45, 7) is 3.46. The van der Waals surface area contributed by atoms with Crippen LogP contribution in [-0.4, -0.2) is 46.3 Å². The average Bonchev–Trinajstić information content (AvgIpc) is 3.09. The van der Waals surface area contributed by atoms with E-state index in [0.29, 0.717) is 5.92 Å². The summed E-state index contributed by atoms with van der Waals surface area (Å²) in [5.74, 6) is -0.0110. The molecule has 1 aromatic heterocycles. The van der Waals surface area contributed by atoms with Gasteiger partial charge in [-0.05, 0) is 30.9 Å². The summed E-state index contributed by atoms with van der Waals surface area (Å²) in [5, 5.41) is 4.25. The van der Waals surface area contributed by atoms with Crippen molar-refractivity contribution >= 4 is 11.9 Å². The molecular weight excluding hydrogens is 318 g/mol. The molecule has 1 saturated heterocycles. The van der Waals surface area contributed by atoms with Crippen molar-refractivity contribution in [2.75, 3.05) is 19.7 Å². The summed E-state index contributed by atoms with van der Waals surface area (Å²) in [7, 11) is 0. The highest BCUT2D eigenvalue weighted by molar-refractivity contribution is 5.81. The SMILES string of the molecule is CC1CCCN(C(=O)COC(=O)Cc2cnn(-c3ccccc3)c2)C1. The largest absolute Gasteiger partial charge is 0.455 e. The number of ether oxygens (including phenoxy) is 1. The lowest BCUT2D eigenvalue weighted by Gasteiger charge is -2.30. The van der Waals surface area contributed by atoms with Gasteiger partial charge < -0.3 is 9.64 Å². The van der Waals surface area contributed by atoms with Crippen LogP contribution in [0.2, 0.25) is 0 Å². The molecule has 1 atom stereocenters. The first kappa shape index (κ1) is 17.2. The monoisotopic (exact) mass is 341 g/mol. The van der Waals surface area contributed by atoms with Gasteiger partial charge in [0.1, 0.15) is 0 Å². The second kappa shape index (κ2) is 7.96. The van der Waals surface area contributed by atoms with E-state index in [0.717, 1.165) is 37.2 Å². The van der Waals surface area contributed by atoms with Crippen molar-refractivity contribution in [3.8, 4) is 5.69 Å². The van der Waals surface area contributed by atoms with Crippen molar-refractivity contribution in [3.63, 3.8) is 0 Å². The van der Waals surface area contributed by atoms with Crippen LogP contribution in [0, 0.1) is 5.92 Å². The molecule has 6 nitrogen and oxygen atoms in total. The van der Waals surface area contributed by atoms with Gasteiger partial charge in [0.25, 0.3) is 5.91 Å². The molecule has 2 heterocycles. The number of para-hydroxylation sites is 1. The summed E-state index contributed by atoms with van der Waals surface area (Å²) in [4.78, 5) is 25.9. The maximum Gasteiger partial charge on any atom is 0.310 e. The molecule has 1 unspecified atom stereocenters. The number of likely N-dealkylation sites (tertiary alicyclic amines) is 1. The standard InChI is InChI=1S/C19H23N3O3/c1-15-6-5-9-21(12-15)18(23)14-25-19(24)10-16-11-20-22(13-16)17-7-3-2-4-8-17/h2-4,7-8,11,13,15H,5-6,9-10,12,14H2,1H3. The highest BCUT2D eigenvalue weighted by Gasteiger charge is 2.21. The van der Waals surface area contributed by atoms with E-state index in [9.17, 15) is 9.59 Å². The number of amides is 1. The number of nitrogens with zero attached hydrogens (tertiary/aromatic N) is 3. The Labute approximate surface area is 147 Å². The number of hydrogen-bond donors (Lipinski definition) is 0. The molecule has 3 rings (SSSR count). The topological polar surface area (TPSA) is 64.4 Å². The van der Waals surface area contributed by atoms with Crippen LogP contribution in [0.3, 0.4) is 0 Å². The first-order valence-corrected chi connectivity index (χ1v) is 8.64. The maximum absolute atomic E-state index is 12.1.